The van der Waals surface area contributed by atoms with E-state index in [0.29, 0.717) is 6.42 Å². The third kappa shape index (κ3) is 2.86. The van der Waals surface area contributed by atoms with Crippen molar-refractivity contribution >= 4 is 17.5 Å². The molecular weight excluding hydrogens is 268 g/mol. The Labute approximate surface area is 125 Å². The van der Waals surface area contributed by atoms with Gasteiger partial charge in [0.15, 0.2) is 0 Å². The highest BCUT2D eigenvalue weighted by atomic mass is 16.5. The average Bonchev–Trinajstić information content (AvgIpc) is 2.48. The van der Waals surface area contributed by atoms with Crippen LogP contribution in [0.2, 0.25) is 0 Å². The van der Waals surface area contributed by atoms with Crippen molar-refractivity contribution in [1.29, 1.82) is 0 Å². The molecule has 5 heteroatoms. The van der Waals surface area contributed by atoms with E-state index < -0.39 is 12.1 Å². The quantitative estimate of drug-likeness (QED) is 0.922. The molecule has 2 amide bonds. The Kier molecular flexibility index (Phi) is 4.50. The average molecular weight is 290 g/mol. The maximum atomic E-state index is 12.7. The van der Waals surface area contributed by atoms with Crippen molar-refractivity contribution in [3.05, 3.63) is 24.3 Å². The number of piperazine rings is 1. The first kappa shape index (κ1) is 15.4. The van der Waals surface area contributed by atoms with Crippen molar-refractivity contribution in [3.63, 3.8) is 0 Å². The Morgan fingerprint density at radius 3 is 2.33 bits per heavy atom. The van der Waals surface area contributed by atoms with Crippen LogP contribution in [0.25, 0.3) is 0 Å². The molecule has 5 nitrogen and oxygen atoms in total. The molecule has 0 radical (unpaired) electrons. The van der Waals surface area contributed by atoms with E-state index in [1.165, 1.54) is 0 Å². The molecule has 1 aliphatic heterocycles. The minimum absolute atomic E-state index is 0.0360. The number of anilines is 1. The van der Waals surface area contributed by atoms with Crippen molar-refractivity contribution in [3.8, 4) is 5.75 Å². The van der Waals surface area contributed by atoms with Crippen LogP contribution in [0, 0.1) is 5.92 Å². The fourth-order valence-corrected chi connectivity index (χ4v) is 2.65. The van der Waals surface area contributed by atoms with Gasteiger partial charge in [0.25, 0.3) is 0 Å². The second-order valence-corrected chi connectivity index (χ2v) is 5.56. The molecule has 1 fully saturated rings. The maximum absolute atomic E-state index is 12.7. The molecule has 1 saturated heterocycles. The number of methoxy groups -OCH3 is 1. The van der Waals surface area contributed by atoms with Gasteiger partial charge in [-0.05, 0) is 36.6 Å². The van der Waals surface area contributed by atoms with Crippen LogP contribution in [0.4, 0.5) is 5.69 Å². The predicted molar refractivity (Wildman–Crippen MR) is 81.3 cm³/mol. The van der Waals surface area contributed by atoms with Crippen LogP contribution in [0.5, 0.6) is 5.75 Å². The number of benzene rings is 1. The molecule has 0 saturated carbocycles. The summed E-state index contributed by atoms with van der Waals surface area (Å²) < 4.78 is 5.14. The van der Waals surface area contributed by atoms with Gasteiger partial charge in [0.2, 0.25) is 11.8 Å². The summed E-state index contributed by atoms with van der Waals surface area (Å²) in [6.45, 7) is 5.78. The molecule has 21 heavy (non-hydrogen) atoms. The molecule has 2 atom stereocenters. The van der Waals surface area contributed by atoms with E-state index in [1.54, 1.807) is 24.1 Å². The monoisotopic (exact) mass is 290 g/mol. The molecule has 0 bridgehead atoms. The first-order valence-electron chi connectivity index (χ1n) is 7.27. The molecule has 0 spiro atoms. The lowest BCUT2D eigenvalue weighted by Gasteiger charge is -2.40. The van der Waals surface area contributed by atoms with E-state index in [2.05, 4.69) is 5.32 Å². The number of hydrogen-bond acceptors (Lipinski definition) is 3. The summed E-state index contributed by atoms with van der Waals surface area (Å²) in [5.74, 6) is 0.614. The van der Waals surface area contributed by atoms with Crippen molar-refractivity contribution < 1.29 is 14.3 Å². The van der Waals surface area contributed by atoms with E-state index in [0.717, 1.165) is 11.4 Å². The first-order chi connectivity index (χ1) is 9.99. The van der Waals surface area contributed by atoms with E-state index in [1.807, 2.05) is 32.9 Å². The Morgan fingerprint density at radius 2 is 1.86 bits per heavy atom. The van der Waals surface area contributed by atoms with Crippen LogP contribution in [-0.2, 0) is 9.59 Å². The summed E-state index contributed by atoms with van der Waals surface area (Å²) in [7, 11) is 1.60. The van der Waals surface area contributed by atoms with Crippen molar-refractivity contribution in [2.24, 2.45) is 5.92 Å². The van der Waals surface area contributed by atoms with Gasteiger partial charge >= 0.3 is 0 Å². The third-order valence-electron chi connectivity index (χ3n) is 3.79. The lowest BCUT2D eigenvalue weighted by molar-refractivity contribution is -0.134. The zero-order valence-electron chi connectivity index (χ0n) is 12.9. The van der Waals surface area contributed by atoms with Crippen LogP contribution < -0.4 is 15.0 Å². The van der Waals surface area contributed by atoms with Gasteiger partial charge in [-0.15, -0.1) is 0 Å². The van der Waals surface area contributed by atoms with Crippen molar-refractivity contribution in [1.82, 2.24) is 5.32 Å². The van der Waals surface area contributed by atoms with Crippen LogP contribution in [-0.4, -0.2) is 31.0 Å². The van der Waals surface area contributed by atoms with Crippen molar-refractivity contribution in [2.45, 2.75) is 39.3 Å². The van der Waals surface area contributed by atoms with Gasteiger partial charge < -0.3 is 10.1 Å². The van der Waals surface area contributed by atoms with Crippen LogP contribution in [0.15, 0.2) is 24.3 Å². The smallest absolute Gasteiger partial charge is 0.250 e. The molecule has 2 unspecified atom stereocenters. The van der Waals surface area contributed by atoms with Crippen molar-refractivity contribution in [2.75, 3.05) is 12.0 Å². The fraction of sp³-hybridized carbons (Fsp3) is 0.500. The number of amides is 2. The zero-order chi connectivity index (χ0) is 15.6. The van der Waals surface area contributed by atoms with E-state index in [9.17, 15) is 9.59 Å². The minimum atomic E-state index is -0.478. The predicted octanol–water partition coefficient (Wildman–Crippen LogP) is 1.96. The standard InChI is InChI=1S/C16H22N2O3/c1-5-13-16(20)18(14(10(2)3)15(19)17-13)11-6-8-12(21-4)9-7-11/h6-10,13-14H,5H2,1-4H3,(H,17,19). The number of carbonyl (C=O) groups is 2. The number of nitrogens with zero attached hydrogens (tertiary/aromatic N) is 1. The highest BCUT2D eigenvalue weighted by Gasteiger charge is 2.41. The molecular formula is C16H22N2O3. The molecule has 1 aliphatic rings. The summed E-state index contributed by atoms with van der Waals surface area (Å²) >= 11 is 0. The highest BCUT2D eigenvalue weighted by molar-refractivity contribution is 6.08. The largest absolute Gasteiger partial charge is 0.497 e. The summed E-state index contributed by atoms with van der Waals surface area (Å²) in [5.41, 5.74) is 0.729. The molecule has 1 aromatic rings. The third-order valence-corrected chi connectivity index (χ3v) is 3.79. The Hall–Kier alpha value is -2.04. The summed E-state index contributed by atoms with van der Waals surface area (Å²) in [5, 5.41) is 2.81. The number of nitrogens with one attached hydrogen (secondary N) is 1. The first-order valence-corrected chi connectivity index (χ1v) is 7.27. The summed E-state index contributed by atoms with van der Waals surface area (Å²) in [4.78, 5) is 26.6. The molecule has 0 aliphatic carbocycles. The van der Waals surface area contributed by atoms with Gasteiger partial charge in [-0.25, -0.2) is 0 Å². The summed E-state index contributed by atoms with van der Waals surface area (Å²) in [6, 6.07) is 6.30. The van der Waals surface area contributed by atoms with E-state index in [4.69, 9.17) is 4.74 Å². The molecule has 114 valence electrons. The normalized spacial score (nSPS) is 22.4. The van der Waals surface area contributed by atoms with Gasteiger partial charge in [-0.3, -0.25) is 14.5 Å². The lowest BCUT2D eigenvalue weighted by atomic mass is 9.95. The van der Waals surface area contributed by atoms with Gasteiger partial charge in [0, 0.05) is 5.69 Å². The SMILES string of the molecule is CCC1NC(=O)C(C(C)C)N(c2ccc(OC)cc2)C1=O. The van der Waals surface area contributed by atoms with Gasteiger partial charge in [0.1, 0.15) is 17.8 Å². The lowest BCUT2D eigenvalue weighted by Crippen LogP contribution is -2.65. The van der Waals surface area contributed by atoms with Gasteiger partial charge in [-0.1, -0.05) is 20.8 Å². The topological polar surface area (TPSA) is 58.6 Å². The highest BCUT2D eigenvalue weighted by Crippen LogP contribution is 2.27. The van der Waals surface area contributed by atoms with Crippen LogP contribution in [0.1, 0.15) is 27.2 Å². The number of ether oxygens (including phenoxy) is 1. The maximum Gasteiger partial charge on any atom is 0.250 e. The number of carbonyl (C=O) groups excluding carboxylic acids is 2. The summed E-state index contributed by atoms with van der Waals surface area (Å²) in [6.07, 6.45) is 0.585. The number of rotatable bonds is 4. The van der Waals surface area contributed by atoms with E-state index >= 15 is 0 Å². The molecule has 1 aromatic carbocycles. The van der Waals surface area contributed by atoms with E-state index in [-0.39, 0.29) is 17.7 Å². The number of hydrogen-bond donors (Lipinski definition) is 1. The Balaban J connectivity index is 2.41. The molecule has 1 heterocycles. The van der Waals surface area contributed by atoms with Gasteiger partial charge in [0.05, 0.1) is 7.11 Å². The van der Waals surface area contributed by atoms with Crippen LogP contribution >= 0.6 is 0 Å². The molecule has 1 N–H and O–H groups in total. The molecule has 0 aromatic heterocycles. The van der Waals surface area contributed by atoms with Gasteiger partial charge in [-0.2, -0.15) is 0 Å². The minimum Gasteiger partial charge on any atom is -0.497 e. The second-order valence-electron chi connectivity index (χ2n) is 5.56. The Morgan fingerprint density at radius 1 is 1.24 bits per heavy atom. The Bertz CT molecular complexity index is 525. The van der Waals surface area contributed by atoms with Crippen LogP contribution in [0.3, 0.4) is 0 Å². The molecule has 2 rings (SSSR count). The fourth-order valence-electron chi connectivity index (χ4n) is 2.65. The second kappa shape index (κ2) is 6.16. The zero-order valence-corrected chi connectivity index (χ0v) is 12.9.